The van der Waals surface area contributed by atoms with Gasteiger partial charge in [0.1, 0.15) is 10.8 Å². The van der Waals surface area contributed by atoms with Crippen LogP contribution in [0.25, 0.3) is 10.6 Å². The fraction of sp³-hybridized carbons (Fsp3) is 0.438. The number of rotatable bonds is 8. The molecule has 0 aliphatic heterocycles. The van der Waals surface area contributed by atoms with Gasteiger partial charge in [-0.3, -0.25) is 0 Å². The molecule has 0 fully saturated rings. The number of nitrogens with one attached hydrogen (secondary N) is 1. The van der Waals surface area contributed by atoms with E-state index in [1.165, 1.54) is 0 Å². The first-order chi connectivity index (χ1) is 10.2. The Bertz CT molecular complexity index is 539. The van der Waals surface area contributed by atoms with Crippen molar-refractivity contribution in [2.24, 2.45) is 0 Å². The van der Waals surface area contributed by atoms with E-state index in [1.807, 2.05) is 19.1 Å². The van der Waals surface area contributed by atoms with Crippen molar-refractivity contribution in [3.05, 3.63) is 35.3 Å². The van der Waals surface area contributed by atoms with Gasteiger partial charge >= 0.3 is 0 Å². The summed E-state index contributed by atoms with van der Waals surface area (Å²) in [5, 5.41) is 6.52. The van der Waals surface area contributed by atoms with Gasteiger partial charge in [-0.1, -0.05) is 0 Å². The van der Waals surface area contributed by atoms with Crippen LogP contribution in [0.2, 0.25) is 0 Å². The van der Waals surface area contributed by atoms with E-state index in [2.05, 4.69) is 34.7 Å². The third-order valence-electron chi connectivity index (χ3n) is 3.01. The summed E-state index contributed by atoms with van der Waals surface area (Å²) in [5.74, 6) is 0.896. The lowest BCUT2D eigenvalue weighted by molar-refractivity contribution is 0.171. The molecule has 0 unspecified atom stereocenters. The molecule has 0 aliphatic carbocycles. The fourth-order valence-electron chi connectivity index (χ4n) is 1.97. The quantitative estimate of drug-likeness (QED) is 0.812. The molecule has 2 aromatic rings. The lowest BCUT2D eigenvalue weighted by Gasteiger charge is -2.10. The van der Waals surface area contributed by atoms with E-state index in [-0.39, 0.29) is 0 Å². The molecule has 1 atom stereocenters. The molecule has 1 heterocycles. The SMILES string of the molecule is CCOc1ccc(-c2nc(CN[C@@H](C)COC)cs2)cc1. The van der Waals surface area contributed by atoms with Crippen LogP contribution in [0, 0.1) is 0 Å². The molecule has 0 spiro atoms. The van der Waals surface area contributed by atoms with E-state index < -0.39 is 0 Å². The normalized spacial score (nSPS) is 12.3. The van der Waals surface area contributed by atoms with Crippen LogP contribution in [0.5, 0.6) is 5.75 Å². The summed E-state index contributed by atoms with van der Waals surface area (Å²) in [6.07, 6.45) is 0. The fourth-order valence-corrected chi connectivity index (χ4v) is 2.79. The third kappa shape index (κ3) is 4.81. The molecule has 21 heavy (non-hydrogen) atoms. The van der Waals surface area contributed by atoms with Crippen LogP contribution in [0.4, 0.5) is 0 Å². The lowest BCUT2D eigenvalue weighted by atomic mass is 10.2. The molecule has 2 rings (SSSR count). The molecule has 0 saturated heterocycles. The molecule has 0 saturated carbocycles. The summed E-state index contributed by atoms with van der Waals surface area (Å²) < 4.78 is 10.6. The number of nitrogens with zero attached hydrogens (tertiary/aromatic N) is 1. The van der Waals surface area contributed by atoms with E-state index in [0.717, 1.165) is 28.6 Å². The zero-order chi connectivity index (χ0) is 15.1. The van der Waals surface area contributed by atoms with Crippen molar-refractivity contribution in [3.8, 4) is 16.3 Å². The minimum Gasteiger partial charge on any atom is -0.494 e. The topological polar surface area (TPSA) is 43.4 Å². The molecule has 5 heteroatoms. The minimum absolute atomic E-state index is 0.325. The Hall–Kier alpha value is -1.43. The van der Waals surface area contributed by atoms with Gasteiger partial charge < -0.3 is 14.8 Å². The van der Waals surface area contributed by atoms with Crippen molar-refractivity contribution in [2.75, 3.05) is 20.3 Å². The molecule has 0 amide bonds. The molecule has 1 aromatic heterocycles. The zero-order valence-corrected chi connectivity index (χ0v) is 13.6. The van der Waals surface area contributed by atoms with Gasteiger partial charge in [0.05, 0.1) is 18.9 Å². The van der Waals surface area contributed by atoms with Gasteiger partial charge in [0.2, 0.25) is 0 Å². The highest BCUT2D eigenvalue weighted by Crippen LogP contribution is 2.25. The van der Waals surface area contributed by atoms with Gasteiger partial charge in [-0.15, -0.1) is 11.3 Å². The van der Waals surface area contributed by atoms with Gasteiger partial charge in [0.15, 0.2) is 0 Å². The summed E-state index contributed by atoms with van der Waals surface area (Å²) in [7, 11) is 1.71. The number of hydrogen-bond acceptors (Lipinski definition) is 5. The van der Waals surface area contributed by atoms with Gasteiger partial charge in [-0.05, 0) is 38.1 Å². The maximum Gasteiger partial charge on any atom is 0.123 e. The number of thiazole rings is 1. The van der Waals surface area contributed by atoms with Crippen LogP contribution in [0.3, 0.4) is 0 Å². The molecule has 1 N–H and O–H groups in total. The molecule has 0 bridgehead atoms. The second-order valence-corrected chi connectivity index (χ2v) is 5.70. The molecule has 1 aromatic carbocycles. The van der Waals surface area contributed by atoms with Gasteiger partial charge in [0, 0.05) is 30.6 Å². The number of aromatic nitrogens is 1. The van der Waals surface area contributed by atoms with E-state index in [4.69, 9.17) is 9.47 Å². The lowest BCUT2D eigenvalue weighted by Crippen LogP contribution is -2.29. The van der Waals surface area contributed by atoms with Crippen molar-refractivity contribution in [1.82, 2.24) is 10.3 Å². The Balaban J connectivity index is 1.95. The van der Waals surface area contributed by atoms with Crippen LogP contribution >= 0.6 is 11.3 Å². The first-order valence-corrected chi connectivity index (χ1v) is 8.00. The third-order valence-corrected chi connectivity index (χ3v) is 3.95. The monoisotopic (exact) mass is 306 g/mol. The predicted octanol–water partition coefficient (Wildman–Crippen LogP) is 3.33. The average molecular weight is 306 g/mol. The smallest absolute Gasteiger partial charge is 0.123 e. The summed E-state index contributed by atoms with van der Waals surface area (Å²) in [6, 6.07) is 8.39. The molecule has 0 aliphatic rings. The molecular weight excluding hydrogens is 284 g/mol. The highest BCUT2D eigenvalue weighted by Gasteiger charge is 2.06. The van der Waals surface area contributed by atoms with Crippen molar-refractivity contribution < 1.29 is 9.47 Å². The van der Waals surface area contributed by atoms with Crippen LogP contribution < -0.4 is 10.1 Å². The Labute approximate surface area is 130 Å². The summed E-state index contributed by atoms with van der Waals surface area (Å²) in [4.78, 5) is 4.66. The predicted molar refractivity (Wildman–Crippen MR) is 86.9 cm³/mol. The first kappa shape index (κ1) is 15.9. The Morgan fingerprint density at radius 2 is 2.05 bits per heavy atom. The van der Waals surface area contributed by atoms with Gasteiger partial charge in [-0.2, -0.15) is 0 Å². The summed E-state index contributed by atoms with van der Waals surface area (Å²) >= 11 is 1.66. The Morgan fingerprint density at radius 1 is 1.29 bits per heavy atom. The van der Waals surface area contributed by atoms with E-state index >= 15 is 0 Å². The zero-order valence-electron chi connectivity index (χ0n) is 12.8. The second kappa shape index (κ2) is 8.12. The van der Waals surface area contributed by atoms with Crippen molar-refractivity contribution in [3.63, 3.8) is 0 Å². The average Bonchev–Trinajstić information content (AvgIpc) is 2.95. The highest BCUT2D eigenvalue weighted by atomic mass is 32.1. The maximum absolute atomic E-state index is 5.45. The van der Waals surface area contributed by atoms with Gasteiger partial charge in [0.25, 0.3) is 0 Å². The molecule has 4 nitrogen and oxygen atoms in total. The molecule has 114 valence electrons. The largest absolute Gasteiger partial charge is 0.494 e. The first-order valence-electron chi connectivity index (χ1n) is 7.13. The van der Waals surface area contributed by atoms with Crippen molar-refractivity contribution >= 4 is 11.3 Å². The van der Waals surface area contributed by atoms with Crippen LogP contribution in [0.1, 0.15) is 19.5 Å². The van der Waals surface area contributed by atoms with Crippen LogP contribution in [-0.4, -0.2) is 31.3 Å². The van der Waals surface area contributed by atoms with Crippen LogP contribution in [0.15, 0.2) is 29.6 Å². The van der Waals surface area contributed by atoms with Gasteiger partial charge in [-0.25, -0.2) is 4.98 Å². The summed E-state index contributed by atoms with van der Waals surface area (Å²) in [6.45, 7) is 6.24. The molecular formula is C16H22N2O2S. The Kier molecular flexibility index (Phi) is 6.17. The standard InChI is InChI=1S/C16H22N2O2S/c1-4-20-15-7-5-13(6-8-15)16-18-14(11-21-16)9-17-12(2)10-19-3/h5-8,11-12,17H,4,9-10H2,1-3H3/t12-/m0/s1. The summed E-state index contributed by atoms with van der Waals surface area (Å²) in [5.41, 5.74) is 2.19. The number of benzene rings is 1. The van der Waals surface area contributed by atoms with Crippen molar-refractivity contribution in [2.45, 2.75) is 26.4 Å². The minimum atomic E-state index is 0.325. The van der Waals surface area contributed by atoms with Crippen molar-refractivity contribution in [1.29, 1.82) is 0 Å². The highest BCUT2D eigenvalue weighted by molar-refractivity contribution is 7.13. The van der Waals surface area contributed by atoms with E-state index in [0.29, 0.717) is 19.3 Å². The van der Waals surface area contributed by atoms with E-state index in [9.17, 15) is 0 Å². The number of hydrogen-bond donors (Lipinski definition) is 1. The number of ether oxygens (including phenoxy) is 2. The van der Waals surface area contributed by atoms with E-state index in [1.54, 1.807) is 18.4 Å². The Morgan fingerprint density at radius 3 is 2.71 bits per heavy atom. The van der Waals surface area contributed by atoms with Crippen LogP contribution in [-0.2, 0) is 11.3 Å². The molecule has 0 radical (unpaired) electrons. The second-order valence-electron chi connectivity index (χ2n) is 4.84. The maximum atomic E-state index is 5.45. The number of methoxy groups -OCH3 is 1.